The highest BCUT2D eigenvalue weighted by molar-refractivity contribution is 7.10. The number of carbonyl (C=O) groups is 1. The molecular weight excluding hydrogens is 320 g/mol. The number of rotatable bonds is 5. The van der Waals surface area contributed by atoms with Gasteiger partial charge in [-0.15, -0.1) is 11.3 Å². The average Bonchev–Trinajstić information content (AvgIpc) is 2.97. The van der Waals surface area contributed by atoms with Crippen molar-refractivity contribution in [3.05, 3.63) is 39.3 Å². The lowest BCUT2D eigenvalue weighted by atomic mass is 9.92. The molecule has 2 heterocycles. The summed E-state index contributed by atoms with van der Waals surface area (Å²) >= 11 is 1.73. The lowest BCUT2D eigenvalue weighted by Crippen LogP contribution is -2.39. The molecule has 0 aromatic carbocycles. The van der Waals surface area contributed by atoms with E-state index >= 15 is 0 Å². The van der Waals surface area contributed by atoms with E-state index in [1.165, 1.54) is 10.4 Å². The molecule has 0 saturated heterocycles. The lowest BCUT2D eigenvalue weighted by Gasteiger charge is -2.25. The van der Waals surface area contributed by atoms with Crippen LogP contribution in [0.3, 0.4) is 0 Å². The minimum absolute atomic E-state index is 0.141. The molecule has 0 spiro atoms. The van der Waals surface area contributed by atoms with Gasteiger partial charge in [0.15, 0.2) is 0 Å². The topological polar surface area (TPSA) is 58.1 Å². The number of nitrogens with one attached hydrogen (secondary N) is 1. The molecule has 0 aliphatic heterocycles. The molecule has 0 fully saturated rings. The third-order valence-electron chi connectivity index (χ3n) is 4.45. The highest BCUT2D eigenvalue weighted by Crippen LogP contribution is 2.21. The molecule has 6 heteroatoms. The summed E-state index contributed by atoms with van der Waals surface area (Å²) < 4.78 is 0. The molecule has 1 N–H and O–H groups in total. The Kier molecular flexibility index (Phi) is 5.14. The van der Waals surface area contributed by atoms with Crippen LogP contribution in [0, 0.1) is 6.92 Å². The van der Waals surface area contributed by atoms with Crippen molar-refractivity contribution in [2.45, 2.75) is 45.1 Å². The first-order chi connectivity index (χ1) is 11.5. The number of aryl methyl sites for hydroxylation is 3. The van der Waals surface area contributed by atoms with Crippen LogP contribution >= 0.6 is 11.3 Å². The van der Waals surface area contributed by atoms with Gasteiger partial charge in [-0.05, 0) is 55.2 Å². The van der Waals surface area contributed by atoms with Gasteiger partial charge in [-0.25, -0.2) is 9.97 Å². The first kappa shape index (κ1) is 16.9. The van der Waals surface area contributed by atoms with Gasteiger partial charge in [0.05, 0.1) is 0 Å². The van der Waals surface area contributed by atoms with Crippen LogP contribution in [0.25, 0.3) is 0 Å². The Hall–Kier alpha value is -1.95. The van der Waals surface area contributed by atoms with Crippen LogP contribution in [0.1, 0.15) is 34.5 Å². The van der Waals surface area contributed by atoms with Crippen LogP contribution in [0.4, 0.5) is 5.95 Å². The van der Waals surface area contributed by atoms with Crippen LogP contribution in [-0.2, 0) is 24.1 Å². The van der Waals surface area contributed by atoms with E-state index in [-0.39, 0.29) is 11.9 Å². The Morgan fingerprint density at radius 2 is 2.29 bits per heavy atom. The molecule has 0 radical (unpaired) electrons. The molecule has 2 aromatic rings. The highest BCUT2D eigenvalue weighted by Gasteiger charge is 2.22. The quantitative estimate of drug-likeness (QED) is 0.905. The van der Waals surface area contributed by atoms with Crippen LogP contribution < -0.4 is 10.2 Å². The largest absolute Gasteiger partial charge is 0.353 e. The first-order valence-corrected chi connectivity index (χ1v) is 9.25. The summed E-state index contributed by atoms with van der Waals surface area (Å²) in [5, 5.41) is 5.26. The summed E-state index contributed by atoms with van der Waals surface area (Å²) in [6.07, 6.45) is 5.96. The number of nitrogens with zero attached hydrogens (tertiary/aromatic N) is 3. The zero-order valence-electron chi connectivity index (χ0n) is 14.5. The third-order valence-corrected chi connectivity index (χ3v) is 5.53. The molecule has 1 amide bonds. The highest BCUT2D eigenvalue weighted by atomic mass is 32.1. The zero-order chi connectivity index (χ0) is 17.1. The van der Waals surface area contributed by atoms with E-state index in [1.807, 2.05) is 25.2 Å². The van der Waals surface area contributed by atoms with E-state index < -0.39 is 0 Å². The maximum atomic E-state index is 12.2. The van der Waals surface area contributed by atoms with Crippen LogP contribution in [0.5, 0.6) is 0 Å². The summed E-state index contributed by atoms with van der Waals surface area (Å²) in [4.78, 5) is 24.5. The Morgan fingerprint density at radius 3 is 3.00 bits per heavy atom. The molecule has 1 atom stereocenters. The molecule has 128 valence electrons. The Bertz CT molecular complexity index is 726. The first-order valence-electron chi connectivity index (χ1n) is 8.37. The van der Waals surface area contributed by atoms with E-state index in [2.05, 4.69) is 33.7 Å². The second-order valence-electron chi connectivity index (χ2n) is 6.57. The monoisotopic (exact) mass is 344 g/mol. The van der Waals surface area contributed by atoms with Crippen molar-refractivity contribution < 1.29 is 4.79 Å². The molecule has 5 nitrogen and oxygen atoms in total. The second kappa shape index (κ2) is 7.30. The Balaban J connectivity index is 1.54. The summed E-state index contributed by atoms with van der Waals surface area (Å²) in [5.41, 5.74) is 3.56. The van der Waals surface area contributed by atoms with Crippen LogP contribution in [-0.4, -0.2) is 36.0 Å². The maximum Gasteiger partial charge on any atom is 0.224 e. The fourth-order valence-corrected chi connectivity index (χ4v) is 3.93. The van der Waals surface area contributed by atoms with E-state index in [4.69, 9.17) is 0 Å². The number of hydrogen-bond donors (Lipinski definition) is 1. The van der Waals surface area contributed by atoms with Gasteiger partial charge in [-0.1, -0.05) is 0 Å². The maximum absolute atomic E-state index is 12.2. The fourth-order valence-electron chi connectivity index (χ4n) is 3.02. The summed E-state index contributed by atoms with van der Waals surface area (Å²) in [7, 11) is 3.89. The number of fused-ring (bicyclic) bond motifs is 1. The van der Waals surface area contributed by atoms with Gasteiger partial charge in [0, 0.05) is 43.3 Å². The van der Waals surface area contributed by atoms with E-state index in [9.17, 15) is 4.79 Å². The molecule has 0 bridgehead atoms. The smallest absolute Gasteiger partial charge is 0.224 e. The van der Waals surface area contributed by atoms with Gasteiger partial charge in [0.25, 0.3) is 0 Å². The molecule has 24 heavy (non-hydrogen) atoms. The summed E-state index contributed by atoms with van der Waals surface area (Å²) in [5.74, 6) is 0.893. The van der Waals surface area contributed by atoms with Gasteiger partial charge in [-0.3, -0.25) is 4.79 Å². The van der Waals surface area contributed by atoms with E-state index in [1.54, 1.807) is 11.3 Å². The van der Waals surface area contributed by atoms with Crippen molar-refractivity contribution in [2.75, 3.05) is 19.0 Å². The number of hydrogen-bond acceptors (Lipinski definition) is 5. The third kappa shape index (κ3) is 3.93. The minimum atomic E-state index is 0.141. The van der Waals surface area contributed by atoms with Gasteiger partial charge in [0.1, 0.15) is 0 Å². The molecule has 1 aliphatic rings. The van der Waals surface area contributed by atoms with Crippen molar-refractivity contribution in [1.29, 1.82) is 0 Å². The second-order valence-corrected chi connectivity index (χ2v) is 7.57. The van der Waals surface area contributed by atoms with Crippen molar-refractivity contribution >= 4 is 23.2 Å². The van der Waals surface area contributed by atoms with Gasteiger partial charge in [-0.2, -0.15) is 0 Å². The molecule has 1 aliphatic carbocycles. The number of thiophene rings is 1. The average molecular weight is 344 g/mol. The summed E-state index contributed by atoms with van der Waals surface area (Å²) in [6.45, 7) is 2.10. The Morgan fingerprint density at radius 1 is 1.46 bits per heavy atom. The number of anilines is 1. The van der Waals surface area contributed by atoms with Gasteiger partial charge >= 0.3 is 0 Å². The molecule has 1 unspecified atom stereocenters. The van der Waals surface area contributed by atoms with Crippen molar-refractivity contribution in [1.82, 2.24) is 15.3 Å². The number of amides is 1. The molecular formula is C18H24N4OS. The van der Waals surface area contributed by atoms with Gasteiger partial charge < -0.3 is 10.2 Å². The minimum Gasteiger partial charge on any atom is -0.353 e. The van der Waals surface area contributed by atoms with Crippen molar-refractivity contribution in [3.63, 3.8) is 0 Å². The zero-order valence-corrected chi connectivity index (χ0v) is 15.3. The predicted molar refractivity (Wildman–Crippen MR) is 97.7 cm³/mol. The standard InChI is InChI=1S/C18H24N4OS/c1-12-8-9-24-16(12)6-7-17(23)20-14-4-5-15-13(10-14)11-19-18(21-15)22(2)3/h8-9,11,14H,4-7,10H2,1-3H3,(H,20,23). The normalized spacial score (nSPS) is 16.5. The van der Waals surface area contributed by atoms with Crippen molar-refractivity contribution in [3.8, 4) is 0 Å². The number of aromatic nitrogens is 2. The van der Waals surface area contributed by atoms with Crippen LogP contribution in [0.15, 0.2) is 17.6 Å². The molecule has 0 saturated carbocycles. The van der Waals surface area contributed by atoms with E-state index in [0.717, 1.165) is 42.9 Å². The SMILES string of the molecule is Cc1ccsc1CCC(=O)NC1CCc2nc(N(C)C)ncc2C1. The van der Waals surface area contributed by atoms with Crippen molar-refractivity contribution in [2.24, 2.45) is 0 Å². The number of carbonyl (C=O) groups excluding carboxylic acids is 1. The van der Waals surface area contributed by atoms with Crippen LogP contribution in [0.2, 0.25) is 0 Å². The molecule has 3 rings (SSSR count). The summed E-state index contributed by atoms with van der Waals surface area (Å²) in [6, 6.07) is 2.31. The van der Waals surface area contributed by atoms with E-state index in [0.29, 0.717) is 6.42 Å². The predicted octanol–water partition coefficient (Wildman–Crippen LogP) is 2.52. The Labute approximate surface area is 147 Å². The molecule has 2 aromatic heterocycles. The fraction of sp³-hybridized carbons (Fsp3) is 0.500. The lowest BCUT2D eigenvalue weighted by molar-refractivity contribution is -0.121. The van der Waals surface area contributed by atoms with Gasteiger partial charge in [0.2, 0.25) is 11.9 Å².